The lowest BCUT2D eigenvalue weighted by atomic mass is 10.1. The van der Waals surface area contributed by atoms with E-state index < -0.39 is 6.09 Å². The van der Waals surface area contributed by atoms with Gasteiger partial charge in [-0.05, 0) is 26.0 Å². The fourth-order valence-corrected chi connectivity index (χ4v) is 3.82. The molecule has 1 aromatic heterocycles. The normalized spacial score (nSPS) is 17.9. The molecule has 2 aromatic rings. The smallest absolute Gasteiger partial charge is 0.407 e. The largest absolute Gasteiger partial charge is 0.465 e. The minimum absolute atomic E-state index is 0.125. The van der Waals surface area contributed by atoms with E-state index in [1.165, 1.54) is 4.90 Å². The van der Waals surface area contributed by atoms with Crippen molar-refractivity contribution >= 4 is 23.8 Å². The number of rotatable bonds is 4. The Morgan fingerprint density at radius 1 is 1.23 bits per heavy atom. The Balaban J connectivity index is 1.69. The summed E-state index contributed by atoms with van der Waals surface area (Å²) in [7, 11) is 0. The van der Waals surface area contributed by atoms with Crippen molar-refractivity contribution < 1.29 is 19.4 Å². The molecule has 164 valence electrons. The van der Waals surface area contributed by atoms with Crippen LogP contribution in [-0.2, 0) is 17.8 Å². The summed E-state index contributed by atoms with van der Waals surface area (Å²) in [6, 6.07) is 7.22. The number of aromatic nitrogens is 2. The van der Waals surface area contributed by atoms with Gasteiger partial charge in [0.2, 0.25) is 5.95 Å². The first-order valence-corrected chi connectivity index (χ1v) is 10.3. The Hall–Kier alpha value is -3.40. The number of urea groups is 1. The first-order valence-electron chi connectivity index (χ1n) is 10.3. The number of amides is 3. The first-order chi connectivity index (χ1) is 15.0. The molecule has 10 nitrogen and oxygen atoms in total. The molecule has 2 aliphatic rings. The van der Waals surface area contributed by atoms with E-state index in [0.717, 1.165) is 16.8 Å². The van der Waals surface area contributed by atoms with Crippen molar-refractivity contribution in [3.05, 3.63) is 35.5 Å². The average molecular weight is 426 g/mol. The van der Waals surface area contributed by atoms with Crippen LogP contribution in [0.2, 0.25) is 0 Å². The molecule has 0 aliphatic carbocycles. The molecule has 4 rings (SSSR count). The lowest BCUT2D eigenvalue weighted by Crippen LogP contribution is -2.44. The van der Waals surface area contributed by atoms with Gasteiger partial charge in [0.1, 0.15) is 0 Å². The number of carbonyl (C=O) groups is 2. The van der Waals surface area contributed by atoms with Gasteiger partial charge in [-0.1, -0.05) is 12.1 Å². The molecule has 3 amide bonds. The maximum Gasteiger partial charge on any atom is 0.407 e. The molecule has 0 bridgehead atoms. The van der Waals surface area contributed by atoms with E-state index in [1.54, 1.807) is 12.1 Å². The van der Waals surface area contributed by atoms with Crippen molar-refractivity contribution in [3.8, 4) is 11.3 Å². The van der Waals surface area contributed by atoms with Crippen molar-refractivity contribution in [1.82, 2.24) is 20.2 Å². The highest BCUT2D eigenvalue weighted by molar-refractivity contribution is 5.89. The monoisotopic (exact) mass is 426 g/mol. The van der Waals surface area contributed by atoms with E-state index in [2.05, 4.69) is 22.5 Å². The number of anilines is 2. The number of carbonyl (C=O) groups excluding carboxylic acids is 1. The maximum atomic E-state index is 11.8. The van der Waals surface area contributed by atoms with Crippen molar-refractivity contribution in [2.24, 2.45) is 0 Å². The van der Waals surface area contributed by atoms with Gasteiger partial charge in [-0.15, -0.1) is 0 Å². The number of hydrogen-bond donors (Lipinski definition) is 3. The molecule has 1 aromatic carbocycles. The molecular formula is C21H26N6O4. The molecule has 1 fully saturated rings. The number of morpholine rings is 1. The molecule has 3 N–H and O–H groups in total. The standard InChI is InChI=1S/C21H26N6O4/c1-3-22-20(28)23-15-6-4-14(5-7-15)18-16-10-26(21(29)30)11-17(16)24-19(25-18)27-8-9-31-12-13(27)2/h4-7,13H,3,8-12H2,1-2H3,(H,29,30)(H2,22,23,28). The van der Waals surface area contributed by atoms with Gasteiger partial charge in [-0.3, -0.25) is 4.90 Å². The highest BCUT2D eigenvalue weighted by Gasteiger charge is 2.31. The molecule has 1 saturated heterocycles. The van der Waals surface area contributed by atoms with Crippen molar-refractivity contribution in [2.75, 3.05) is 36.5 Å². The van der Waals surface area contributed by atoms with Crippen LogP contribution in [0.1, 0.15) is 25.1 Å². The summed E-state index contributed by atoms with van der Waals surface area (Å²) in [5, 5.41) is 14.9. The number of nitrogens with zero attached hydrogens (tertiary/aromatic N) is 4. The Morgan fingerprint density at radius 2 is 2.00 bits per heavy atom. The molecule has 31 heavy (non-hydrogen) atoms. The van der Waals surface area contributed by atoms with E-state index in [9.17, 15) is 14.7 Å². The molecule has 2 aliphatic heterocycles. The first kappa shape index (κ1) is 20.9. The van der Waals surface area contributed by atoms with E-state index in [-0.39, 0.29) is 25.2 Å². The quantitative estimate of drug-likeness (QED) is 0.687. The van der Waals surface area contributed by atoms with Gasteiger partial charge < -0.3 is 25.4 Å². The summed E-state index contributed by atoms with van der Waals surface area (Å²) in [5.41, 5.74) is 3.76. The molecule has 0 spiro atoms. The second kappa shape index (κ2) is 8.76. The second-order valence-electron chi connectivity index (χ2n) is 7.62. The van der Waals surface area contributed by atoms with Crippen molar-refractivity contribution in [3.63, 3.8) is 0 Å². The molecule has 1 unspecified atom stereocenters. The molecule has 0 radical (unpaired) electrons. The van der Waals surface area contributed by atoms with Crippen LogP contribution in [0.3, 0.4) is 0 Å². The fourth-order valence-electron chi connectivity index (χ4n) is 3.82. The number of benzene rings is 1. The van der Waals surface area contributed by atoms with Crippen LogP contribution < -0.4 is 15.5 Å². The summed E-state index contributed by atoms with van der Waals surface area (Å²) in [6.07, 6.45) is -0.980. The highest BCUT2D eigenvalue weighted by Crippen LogP contribution is 2.33. The predicted octanol–water partition coefficient (Wildman–Crippen LogP) is 2.50. The van der Waals surface area contributed by atoms with Gasteiger partial charge in [0.25, 0.3) is 0 Å². The van der Waals surface area contributed by atoms with Gasteiger partial charge in [0.05, 0.1) is 43.7 Å². The maximum absolute atomic E-state index is 11.8. The van der Waals surface area contributed by atoms with Crippen LogP contribution in [0.15, 0.2) is 24.3 Å². The van der Waals surface area contributed by atoms with Gasteiger partial charge >= 0.3 is 12.1 Å². The summed E-state index contributed by atoms with van der Waals surface area (Å²) >= 11 is 0. The van der Waals surface area contributed by atoms with E-state index in [4.69, 9.17) is 14.7 Å². The summed E-state index contributed by atoms with van der Waals surface area (Å²) in [5.74, 6) is 0.585. The highest BCUT2D eigenvalue weighted by atomic mass is 16.5. The van der Waals surface area contributed by atoms with Crippen LogP contribution in [0, 0.1) is 0 Å². The van der Waals surface area contributed by atoms with Gasteiger partial charge in [-0.25, -0.2) is 19.6 Å². The zero-order valence-corrected chi connectivity index (χ0v) is 17.6. The van der Waals surface area contributed by atoms with Crippen LogP contribution >= 0.6 is 0 Å². The van der Waals surface area contributed by atoms with E-state index >= 15 is 0 Å². The summed E-state index contributed by atoms with van der Waals surface area (Å²) in [6.45, 7) is 6.81. The molecular weight excluding hydrogens is 400 g/mol. The number of nitrogens with one attached hydrogen (secondary N) is 2. The van der Waals surface area contributed by atoms with Crippen LogP contribution in [0.4, 0.5) is 21.2 Å². The van der Waals surface area contributed by atoms with Gasteiger partial charge in [0.15, 0.2) is 0 Å². The summed E-state index contributed by atoms with van der Waals surface area (Å²) < 4.78 is 5.53. The van der Waals surface area contributed by atoms with Crippen molar-refractivity contribution in [2.45, 2.75) is 33.0 Å². The summed E-state index contributed by atoms with van der Waals surface area (Å²) in [4.78, 5) is 36.3. The zero-order chi connectivity index (χ0) is 22.0. The van der Waals surface area contributed by atoms with E-state index in [0.29, 0.717) is 43.6 Å². The Morgan fingerprint density at radius 3 is 2.68 bits per heavy atom. The van der Waals surface area contributed by atoms with Gasteiger partial charge in [0, 0.05) is 29.9 Å². The SMILES string of the molecule is CCNC(=O)Nc1ccc(-c2nc(N3CCOCC3C)nc3c2CN(C(=O)O)C3)cc1. The number of ether oxygens (including phenoxy) is 1. The minimum Gasteiger partial charge on any atom is -0.465 e. The van der Waals surface area contributed by atoms with E-state index in [1.807, 2.05) is 19.1 Å². The third kappa shape index (κ3) is 4.38. The number of carboxylic acid groups (broad SMARTS) is 1. The third-order valence-corrected chi connectivity index (χ3v) is 5.42. The average Bonchev–Trinajstić information content (AvgIpc) is 3.19. The van der Waals surface area contributed by atoms with Crippen LogP contribution in [-0.4, -0.2) is 64.4 Å². The van der Waals surface area contributed by atoms with Crippen molar-refractivity contribution in [1.29, 1.82) is 0 Å². The predicted molar refractivity (Wildman–Crippen MR) is 115 cm³/mol. The van der Waals surface area contributed by atoms with Crippen LogP contribution in [0.25, 0.3) is 11.3 Å². The second-order valence-corrected chi connectivity index (χ2v) is 7.62. The fraction of sp³-hybridized carbons (Fsp3) is 0.429. The Labute approximate surface area is 180 Å². The molecule has 0 saturated carbocycles. The minimum atomic E-state index is -0.980. The Kier molecular flexibility index (Phi) is 5.90. The lowest BCUT2D eigenvalue weighted by molar-refractivity contribution is 0.0980. The lowest BCUT2D eigenvalue weighted by Gasteiger charge is -2.33. The number of hydrogen-bond acceptors (Lipinski definition) is 6. The van der Waals surface area contributed by atoms with Crippen LogP contribution in [0.5, 0.6) is 0 Å². The third-order valence-electron chi connectivity index (χ3n) is 5.42. The number of fused-ring (bicyclic) bond motifs is 1. The van der Waals surface area contributed by atoms with Gasteiger partial charge in [-0.2, -0.15) is 0 Å². The Bertz CT molecular complexity index is 981. The topological polar surface area (TPSA) is 120 Å². The molecule has 10 heteroatoms. The molecule has 1 atom stereocenters. The zero-order valence-electron chi connectivity index (χ0n) is 17.6. The molecule has 3 heterocycles.